The van der Waals surface area contributed by atoms with Crippen molar-refractivity contribution < 1.29 is 8.85 Å². The molecule has 1 rings (SSSR count). The van der Waals surface area contributed by atoms with E-state index in [1.807, 2.05) is 0 Å². The smallest absolute Gasteiger partial charge is 0.334 e. The number of hydrogen-bond donors (Lipinski definition) is 0. The summed E-state index contributed by atoms with van der Waals surface area (Å²) in [5, 5.41) is 0. The maximum atomic E-state index is 6.00. The summed E-state index contributed by atoms with van der Waals surface area (Å²) in [6.45, 7) is 29.0. The molecule has 0 aliphatic carbocycles. The van der Waals surface area contributed by atoms with Gasteiger partial charge >= 0.3 is 8.56 Å². The molecule has 162 valence electrons. The van der Waals surface area contributed by atoms with Gasteiger partial charge in [0.1, 0.15) is 8.24 Å². The van der Waals surface area contributed by atoms with Crippen LogP contribution in [0.2, 0.25) is 29.2 Å². The quantitative estimate of drug-likeness (QED) is 0.402. The Labute approximate surface area is 172 Å². The number of piperazine rings is 1. The topological polar surface area (TPSA) is 24.9 Å². The Morgan fingerprint density at radius 3 is 1.59 bits per heavy atom. The fraction of sp³-hybridized carbons (Fsp3) is 1.00. The fourth-order valence-electron chi connectivity index (χ4n) is 5.87. The lowest BCUT2D eigenvalue weighted by molar-refractivity contribution is 0.168. The zero-order valence-electron chi connectivity index (χ0n) is 19.8. The van der Waals surface area contributed by atoms with Gasteiger partial charge in [-0.15, -0.1) is 0 Å². The monoisotopic (exact) mass is 416 g/mol. The first kappa shape index (κ1) is 25.3. The number of nitrogens with zero attached hydrogens (tertiary/aromatic N) is 2. The number of rotatable bonds is 12. The van der Waals surface area contributed by atoms with Gasteiger partial charge in [-0.05, 0) is 56.0 Å². The molecule has 1 heterocycles. The van der Waals surface area contributed by atoms with E-state index >= 15 is 0 Å². The lowest BCUT2D eigenvalue weighted by atomic mass is 10.3. The molecule has 0 saturated carbocycles. The van der Waals surface area contributed by atoms with Crippen molar-refractivity contribution in [1.29, 1.82) is 0 Å². The highest BCUT2D eigenvalue weighted by atomic mass is 28.4. The van der Waals surface area contributed by atoms with Gasteiger partial charge in [0, 0.05) is 39.4 Å². The molecular formula is C21H48N2O2Si2. The largest absolute Gasteiger partial charge is 0.395 e. The Bertz CT molecular complexity index is 383. The van der Waals surface area contributed by atoms with Crippen LogP contribution in [0.1, 0.15) is 61.8 Å². The molecule has 1 saturated heterocycles. The van der Waals surface area contributed by atoms with E-state index in [0.29, 0.717) is 0 Å². The van der Waals surface area contributed by atoms with Crippen molar-refractivity contribution in [3.8, 4) is 0 Å². The average Bonchev–Trinajstić information content (AvgIpc) is 2.56. The maximum Gasteiger partial charge on any atom is 0.334 e. The van der Waals surface area contributed by atoms with Crippen LogP contribution in [0.25, 0.3) is 0 Å². The second-order valence-corrected chi connectivity index (χ2v) is 18.5. The van der Waals surface area contributed by atoms with Gasteiger partial charge < -0.3 is 18.3 Å². The van der Waals surface area contributed by atoms with Gasteiger partial charge in [0.15, 0.2) is 0 Å². The molecular weight excluding hydrogens is 368 g/mol. The van der Waals surface area contributed by atoms with Crippen LogP contribution >= 0.6 is 0 Å². The molecule has 0 aromatic rings. The van der Waals surface area contributed by atoms with Crippen LogP contribution in [0, 0.1) is 0 Å². The molecule has 0 N–H and O–H groups in total. The minimum atomic E-state index is -1.95. The predicted molar refractivity (Wildman–Crippen MR) is 123 cm³/mol. The van der Waals surface area contributed by atoms with E-state index in [9.17, 15) is 0 Å². The molecule has 27 heavy (non-hydrogen) atoms. The van der Waals surface area contributed by atoms with Crippen molar-refractivity contribution in [2.75, 3.05) is 45.9 Å². The summed E-state index contributed by atoms with van der Waals surface area (Å²) in [7, 11) is -3.42. The summed E-state index contributed by atoms with van der Waals surface area (Å²) in [5.74, 6) is 0. The van der Waals surface area contributed by atoms with Gasteiger partial charge in [0.25, 0.3) is 0 Å². The zero-order chi connectivity index (χ0) is 20.7. The number of hydrogen-bond acceptors (Lipinski definition) is 4. The van der Waals surface area contributed by atoms with Crippen molar-refractivity contribution in [2.24, 2.45) is 0 Å². The van der Waals surface area contributed by atoms with Crippen molar-refractivity contribution in [3.63, 3.8) is 0 Å². The summed E-state index contributed by atoms with van der Waals surface area (Å²) >= 11 is 0. The van der Waals surface area contributed by atoms with Crippen LogP contribution in [-0.4, -0.2) is 72.2 Å². The predicted octanol–water partition coefficient (Wildman–Crippen LogP) is 5.31. The van der Waals surface area contributed by atoms with Crippen LogP contribution in [0.3, 0.4) is 0 Å². The van der Waals surface area contributed by atoms with E-state index in [1.54, 1.807) is 0 Å². The molecule has 0 spiro atoms. The molecule has 4 nitrogen and oxygen atoms in total. The van der Waals surface area contributed by atoms with Crippen molar-refractivity contribution in [1.82, 2.24) is 9.47 Å². The SMILES string of the molecule is CCO[Si](C)(CCCN1CCN([Si](C(C)C)(C(C)C)C(C)C)CC1)OCC. The zero-order valence-corrected chi connectivity index (χ0v) is 21.8. The van der Waals surface area contributed by atoms with Crippen LogP contribution in [-0.2, 0) is 8.85 Å². The highest BCUT2D eigenvalue weighted by molar-refractivity contribution is 6.81. The van der Waals surface area contributed by atoms with E-state index in [0.717, 1.165) is 35.9 Å². The normalized spacial score (nSPS) is 18.2. The Morgan fingerprint density at radius 1 is 0.778 bits per heavy atom. The Balaban J connectivity index is 2.58. The molecule has 0 radical (unpaired) electrons. The van der Waals surface area contributed by atoms with Gasteiger partial charge in [-0.2, -0.15) is 0 Å². The third-order valence-corrected chi connectivity index (χ3v) is 16.9. The first-order chi connectivity index (χ1) is 12.6. The minimum absolute atomic E-state index is 0.772. The standard InChI is InChI=1S/C21H48N2O2Si2/c1-10-24-26(9,25-11-2)18-12-13-22-14-16-23(17-15-22)27(19(3)4,20(5)6)21(7)8/h19-21H,10-18H2,1-9H3. The molecule has 0 atom stereocenters. The molecule has 0 bridgehead atoms. The van der Waals surface area contributed by atoms with E-state index in [1.165, 1.54) is 39.1 Å². The molecule has 0 aromatic carbocycles. The molecule has 0 aromatic heterocycles. The third-order valence-electron chi connectivity index (χ3n) is 6.70. The highest BCUT2D eigenvalue weighted by Gasteiger charge is 2.48. The van der Waals surface area contributed by atoms with Crippen LogP contribution in [0.15, 0.2) is 0 Å². The van der Waals surface area contributed by atoms with Crippen LogP contribution in [0.4, 0.5) is 0 Å². The first-order valence-electron chi connectivity index (χ1n) is 11.4. The van der Waals surface area contributed by atoms with Crippen molar-refractivity contribution >= 4 is 16.8 Å². The average molecular weight is 417 g/mol. The Hall–Kier alpha value is 0.274. The molecule has 1 aliphatic heterocycles. The van der Waals surface area contributed by atoms with E-state index in [4.69, 9.17) is 8.85 Å². The second-order valence-electron chi connectivity index (χ2n) is 9.28. The summed E-state index contributed by atoms with van der Waals surface area (Å²) in [5.41, 5.74) is 2.44. The lowest BCUT2D eigenvalue weighted by Gasteiger charge is -2.53. The molecule has 6 heteroatoms. The maximum absolute atomic E-state index is 6.00. The second kappa shape index (κ2) is 11.5. The molecule has 1 aliphatic rings. The van der Waals surface area contributed by atoms with E-state index in [2.05, 4.69) is 71.4 Å². The van der Waals surface area contributed by atoms with Crippen LogP contribution < -0.4 is 0 Å². The Morgan fingerprint density at radius 2 is 1.22 bits per heavy atom. The molecule has 0 amide bonds. The van der Waals surface area contributed by atoms with E-state index < -0.39 is 16.8 Å². The first-order valence-corrected chi connectivity index (χ1v) is 16.1. The minimum Gasteiger partial charge on any atom is -0.395 e. The summed E-state index contributed by atoms with van der Waals surface area (Å²) in [4.78, 5) is 2.67. The third kappa shape index (κ3) is 6.38. The summed E-state index contributed by atoms with van der Waals surface area (Å²) < 4.78 is 14.9. The van der Waals surface area contributed by atoms with Crippen LogP contribution in [0.5, 0.6) is 0 Å². The fourth-order valence-corrected chi connectivity index (χ4v) is 15.4. The lowest BCUT2D eigenvalue weighted by Crippen LogP contribution is -2.65. The van der Waals surface area contributed by atoms with E-state index in [-0.39, 0.29) is 0 Å². The van der Waals surface area contributed by atoms with Gasteiger partial charge in [-0.1, -0.05) is 41.5 Å². The molecule has 1 fully saturated rings. The van der Waals surface area contributed by atoms with Gasteiger partial charge in [0.05, 0.1) is 0 Å². The summed E-state index contributed by atoms with van der Waals surface area (Å²) in [6, 6.07) is 1.11. The van der Waals surface area contributed by atoms with Gasteiger partial charge in [-0.25, -0.2) is 0 Å². The van der Waals surface area contributed by atoms with Crippen molar-refractivity contribution in [2.45, 2.75) is 91.0 Å². The van der Waals surface area contributed by atoms with Gasteiger partial charge in [0.2, 0.25) is 0 Å². The molecule has 0 unspecified atom stereocenters. The Kier molecular flexibility index (Phi) is 10.7. The van der Waals surface area contributed by atoms with Crippen molar-refractivity contribution in [3.05, 3.63) is 0 Å². The highest BCUT2D eigenvalue weighted by Crippen LogP contribution is 2.44. The summed E-state index contributed by atoms with van der Waals surface area (Å²) in [6.07, 6.45) is 1.20. The van der Waals surface area contributed by atoms with Gasteiger partial charge in [-0.3, -0.25) is 0 Å².